The number of carbonyl (C=O) groups is 2. The van der Waals surface area contributed by atoms with E-state index in [1.807, 2.05) is 30.3 Å². The average Bonchev–Trinajstić information content (AvgIpc) is 2.86. The fourth-order valence-corrected chi connectivity index (χ4v) is 4.25. The van der Waals surface area contributed by atoms with Gasteiger partial charge in [-0.15, -0.1) is 0 Å². The van der Waals surface area contributed by atoms with Crippen molar-refractivity contribution >= 4 is 23.6 Å². The predicted molar refractivity (Wildman–Crippen MR) is 135 cm³/mol. The maximum atomic E-state index is 12.7. The zero-order chi connectivity index (χ0) is 23.1. The van der Waals surface area contributed by atoms with E-state index in [1.54, 1.807) is 30.3 Å². The molecule has 4 nitrogen and oxygen atoms in total. The largest absolute Gasteiger partial charge is 0.459 e. The lowest BCUT2D eigenvalue weighted by Crippen LogP contribution is -2.18. The van der Waals surface area contributed by atoms with E-state index in [9.17, 15) is 9.59 Å². The number of hydrogen-bond acceptors (Lipinski definition) is 3. The summed E-state index contributed by atoms with van der Waals surface area (Å²) in [5.74, 6) is -0.482. The molecular formula is C29H37NO3. The van der Waals surface area contributed by atoms with Gasteiger partial charge in [-0.3, -0.25) is 4.79 Å². The van der Waals surface area contributed by atoms with Crippen molar-refractivity contribution in [3.63, 3.8) is 0 Å². The van der Waals surface area contributed by atoms with Crippen LogP contribution in [0.15, 0.2) is 60.7 Å². The Bertz CT molecular complexity index is 859. The third-order valence-electron chi connectivity index (χ3n) is 6.19. The van der Waals surface area contributed by atoms with Gasteiger partial charge >= 0.3 is 5.97 Å². The summed E-state index contributed by atoms with van der Waals surface area (Å²) >= 11 is 0. The van der Waals surface area contributed by atoms with Crippen LogP contribution in [0.4, 0.5) is 5.69 Å². The number of carbonyl (C=O) groups excluding carboxylic acids is 2. The minimum Gasteiger partial charge on any atom is -0.459 e. The normalized spacial score (nSPS) is 16.8. The molecule has 1 saturated carbocycles. The molecule has 0 saturated heterocycles. The summed E-state index contributed by atoms with van der Waals surface area (Å²) in [6, 6.07) is 16.6. The molecular weight excluding hydrogens is 410 g/mol. The highest BCUT2D eigenvalue weighted by Gasteiger charge is 2.16. The number of hydrogen-bond donors (Lipinski definition) is 1. The monoisotopic (exact) mass is 447 g/mol. The van der Waals surface area contributed by atoms with Crippen molar-refractivity contribution in [1.82, 2.24) is 0 Å². The summed E-state index contributed by atoms with van der Waals surface area (Å²) in [6.45, 7) is 0. The first-order chi connectivity index (χ1) is 16.2. The van der Waals surface area contributed by atoms with Crippen LogP contribution in [0.25, 0.3) is 6.08 Å². The summed E-state index contributed by atoms with van der Waals surface area (Å²) < 4.78 is 5.88. The lowest BCUT2D eigenvalue weighted by Gasteiger charge is -2.18. The zero-order valence-electron chi connectivity index (χ0n) is 19.6. The molecule has 0 heterocycles. The molecule has 1 fully saturated rings. The van der Waals surface area contributed by atoms with E-state index in [4.69, 9.17) is 4.74 Å². The lowest BCUT2D eigenvalue weighted by molar-refractivity contribution is -0.111. The van der Waals surface area contributed by atoms with Crippen LogP contribution in [0.3, 0.4) is 0 Å². The summed E-state index contributed by atoms with van der Waals surface area (Å²) in [6.07, 6.45) is 17.8. The summed E-state index contributed by atoms with van der Waals surface area (Å²) in [7, 11) is 0. The number of anilines is 1. The number of nitrogens with one attached hydrogen (secondary N) is 1. The Hall–Kier alpha value is -2.88. The second kappa shape index (κ2) is 14.3. The molecule has 2 aromatic rings. The van der Waals surface area contributed by atoms with Gasteiger partial charge in [0.05, 0.1) is 5.56 Å². The molecule has 0 bridgehead atoms. The highest BCUT2D eigenvalue weighted by atomic mass is 16.5. The van der Waals surface area contributed by atoms with Crippen molar-refractivity contribution in [2.75, 3.05) is 5.32 Å². The highest BCUT2D eigenvalue weighted by molar-refractivity contribution is 6.02. The van der Waals surface area contributed by atoms with Crippen LogP contribution in [0.2, 0.25) is 0 Å². The van der Waals surface area contributed by atoms with Crippen LogP contribution >= 0.6 is 0 Å². The van der Waals surface area contributed by atoms with Gasteiger partial charge in [-0.05, 0) is 61.6 Å². The first kappa shape index (κ1) is 24.8. The summed E-state index contributed by atoms with van der Waals surface area (Å²) in [5.41, 5.74) is 2.14. The minimum absolute atomic E-state index is 0.000700. The summed E-state index contributed by atoms with van der Waals surface area (Å²) in [5, 5.41) is 2.83. The van der Waals surface area contributed by atoms with E-state index in [2.05, 4.69) is 5.32 Å². The number of rotatable bonds is 5. The number of esters is 1. The van der Waals surface area contributed by atoms with E-state index < -0.39 is 0 Å². The topological polar surface area (TPSA) is 55.4 Å². The third kappa shape index (κ3) is 9.65. The standard InChI is InChI=1S/C29H37NO3/c31-28(23-18-24-14-10-9-11-15-24)30-26-21-19-25(20-22-26)29(32)33-27-16-12-7-5-3-1-2-4-6-8-13-17-27/h9-11,14-15,18-23,27H,1-8,12-13,16-17H2,(H,30,31)/b23-18+. The van der Waals surface area contributed by atoms with Gasteiger partial charge in [0.1, 0.15) is 6.10 Å². The van der Waals surface area contributed by atoms with Gasteiger partial charge in [0.2, 0.25) is 5.91 Å². The molecule has 0 atom stereocenters. The molecule has 176 valence electrons. The Kier molecular flexibility index (Phi) is 10.7. The van der Waals surface area contributed by atoms with Crippen molar-refractivity contribution < 1.29 is 14.3 Å². The van der Waals surface area contributed by atoms with E-state index in [-0.39, 0.29) is 18.0 Å². The molecule has 1 aliphatic carbocycles. The van der Waals surface area contributed by atoms with E-state index in [0.717, 1.165) is 31.2 Å². The SMILES string of the molecule is O=C(/C=C/c1ccccc1)Nc1ccc(C(=O)OC2CCCCCCCCCCCC2)cc1. The molecule has 33 heavy (non-hydrogen) atoms. The molecule has 1 amide bonds. The van der Waals surface area contributed by atoms with Crippen molar-refractivity contribution in [3.05, 3.63) is 71.8 Å². The van der Waals surface area contributed by atoms with Crippen LogP contribution in [0.1, 0.15) is 93.0 Å². The van der Waals surface area contributed by atoms with Gasteiger partial charge in [-0.1, -0.05) is 81.7 Å². The molecule has 4 heteroatoms. The predicted octanol–water partition coefficient (Wildman–Crippen LogP) is 7.56. The average molecular weight is 448 g/mol. The van der Waals surface area contributed by atoms with Gasteiger partial charge in [0.15, 0.2) is 0 Å². The van der Waals surface area contributed by atoms with Crippen molar-refractivity contribution in [2.45, 2.75) is 83.2 Å². The molecule has 0 unspecified atom stereocenters. The zero-order valence-corrected chi connectivity index (χ0v) is 19.6. The maximum absolute atomic E-state index is 12.7. The first-order valence-electron chi connectivity index (χ1n) is 12.6. The van der Waals surface area contributed by atoms with E-state index in [0.29, 0.717) is 11.3 Å². The molecule has 1 N–H and O–H groups in total. The number of benzene rings is 2. The molecule has 0 aliphatic heterocycles. The Morgan fingerprint density at radius 2 is 1.27 bits per heavy atom. The Balaban J connectivity index is 1.49. The van der Waals surface area contributed by atoms with E-state index in [1.165, 1.54) is 57.4 Å². The maximum Gasteiger partial charge on any atom is 0.338 e. The third-order valence-corrected chi connectivity index (χ3v) is 6.19. The molecule has 1 aliphatic rings. The van der Waals surface area contributed by atoms with Gasteiger partial charge < -0.3 is 10.1 Å². The van der Waals surface area contributed by atoms with Crippen LogP contribution in [-0.4, -0.2) is 18.0 Å². The Morgan fingerprint density at radius 1 is 0.727 bits per heavy atom. The van der Waals surface area contributed by atoms with Crippen molar-refractivity contribution in [1.29, 1.82) is 0 Å². The fourth-order valence-electron chi connectivity index (χ4n) is 4.25. The van der Waals surface area contributed by atoms with Crippen LogP contribution in [0.5, 0.6) is 0 Å². The van der Waals surface area contributed by atoms with Gasteiger partial charge in [-0.25, -0.2) is 4.79 Å². The first-order valence-corrected chi connectivity index (χ1v) is 12.6. The molecule has 0 radical (unpaired) electrons. The molecule has 0 spiro atoms. The van der Waals surface area contributed by atoms with Crippen LogP contribution < -0.4 is 5.32 Å². The van der Waals surface area contributed by atoms with Gasteiger partial charge in [0, 0.05) is 11.8 Å². The van der Waals surface area contributed by atoms with Crippen molar-refractivity contribution in [3.8, 4) is 0 Å². The fraction of sp³-hybridized carbons (Fsp3) is 0.448. The van der Waals surface area contributed by atoms with Crippen LogP contribution in [0, 0.1) is 0 Å². The van der Waals surface area contributed by atoms with Crippen molar-refractivity contribution in [2.24, 2.45) is 0 Å². The lowest BCUT2D eigenvalue weighted by atomic mass is 10.0. The highest BCUT2D eigenvalue weighted by Crippen LogP contribution is 2.20. The molecule has 0 aromatic heterocycles. The Morgan fingerprint density at radius 3 is 1.85 bits per heavy atom. The number of ether oxygens (including phenoxy) is 1. The second-order valence-electron chi connectivity index (χ2n) is 8.95. The van der Waals surface area contributed by atoms with Gasteiger partial charge in [0.25, 0.3) is 0 Å². The smallest absolute Gasteiger partial charge is 0.338 e. The second-order valence-corrected chi connectivity index (χ2v) is 8.95. The molecule has 3 rings (SSSR count). The minimum atomic E-state index is -0.272. The Labute approximate surface area is 198 Å². The van der Waals surface area contributed by atoms with Crippen LogP contribution in [-0.2, 0) is 9.53 Å². The van der Waals surface area contributed by atoms with Gasteiger partial charge in [-0.2, -0.15) is 0 Å². The molecule has 2 aromatic carbocycles. The quantitative estimate of drug-likeness (QED) is 0.380. The summed E-state index contributed by atoms with van der Waals surface area (Å²) in [4.78, 5) is 24.9. The van der Waals surface area contributed by atoms with E-state index >= 15 is 0 Å². The number of amides is 1.